The minimum Gasteiger partial charge on any atom is -0.493 e. The molecule has 1 aliphatic carbocycles. The molecule has 1 aromatic carbocycles. The first kappa shape index (κ1) is 25.6. The lowest BCUT2D eigenvalue weighted by Crippen LogP contribution is -2.42. The number of amides is 3. The fraction of sp³-hybridized carbons (Fsp3) is 0.500. The van der Waals surface area contributed by atoms with Crippen molar-refractivity contribution in [3.05, 3.63) is 34.1 Å². The summed E-state index contributed by atoms with van der Waals surface area (Å²) in [4.78, 5) is 42.5. The first-order chi connectivity index (χ1) is 16.4. The number of ether oxygens (including phenoxy) is 2. The Bertz CT molecular complexity index is 1140. The van der Waals surface area contributed by atoms with E-state index in [2.05, 4.69) is 16.7 Å². The summed E-state index contributed by atoms with van der Waals surface area (Å²) in [7, 11) is 3.04. The SMILES string of the molecule is CCNC(=O)NC(=O)[C@@H](C)Sc1nc2cc(OC)c(OC)cc2c(=O)n1CCC1=CCCCC1. The number of carbonyl (C=O) groups excluding carboxylic acids is 2. The summed E-state index contributed by atoms with van der Waals surface area (Å²) < 4.78 is 12.4. The number of benzene rings is 1. The quantitative estimate of drug-likeness (QED) is 0.315. The average Bonchev–Trinajstić information content (AvgIpc) is 2.83. The number of nitrogens with one attached hydrogen (secondary N) is 2. The van der Waals surface area contributed by atoms with E-state index in [9.17, 15) is 14.4 Å². The van der Waals surface area contributed by atoms with Crippen molar-refractivity contribution in [2.75, 3.05) is 20.8 Å². The molecule has 3 amide bonds. The van der Waals surface area contributed by atoms with E-state index in [1.54, 1.807) is 30.5 Å². The van der Waals surface area contributed by atoms with Crippen LogP contribution in [0.25, 0.3) is 10.9 Å². The predicted molar refractivity (Wildman–Crippen MR) is 133 cm³/mol. The molecule has 0 unspecified atom stereocenters. The summed E-state index contributed by atoms with van der Waals surface area (Å²) in [5, 5.41) is 5.04. The highest BCUT2D eigenvalue weighted by Gasteiger charge is 2.22. The molecule has 1 aliphatic rings. The number of aromatic nitrogens is 2. The molecule has 2 N–H and O–H groups in total. The highest BCUT2D eigenvalue weighted by atomic mass is 32.2. The molecule has 0 saturated carbocycles. The van der Waals surface area contributed by atoms with E-state index in [-0.39, 0.29) is 5.56 Å². The van der Waals surface area contributed by atoms with Crippen LogP contribution in [0.1, 0.15) is 46.0 Å². The smallest absolute Gasteiger partial charge is 0.321 e. The summed E-state index contributed by atoms with van der Waals surface area (Å²) in [6.45, 7) is 4.31. The van der Waals surface area contributed by atoms with Gasteiger partial charge in [0.05, 0.1) is 30.4 Å². The molecule has 0 spiro atoms. The highest BCUT2D eigenvalue weighted by Crippen LogP contribution is 2.32. The zero-order valence-electron chi connectivity index (χ0n) is 20.1. The molecule has 0 radical (unpaired) electrons. The van der Waals surface area contributed by atoms with Crippen molar-refractivity contribution in [1.29, 1.82) is 0 Å². The van der Waals surface area contributed by atoms with Gasteiger partial charge in [0.2, 0.25) is 5.91 Å². The second kappa shape index (κ2) is 11.9. The molecular formula is C24H32N4O5S. The molecule has 184 valence electrons. The maximum Gasteiger partial charge on any atom is 0.321 e. The molecule has 1 atom stereocenters. The van der Waals surface area contributed by atoms with Gasteiger partial charge < -0.3 is 14.8 Å². The molecular weight excluding hydrogens is 456 g/mol. The third kappa shape index (κ3) is 6.11. The van der Waals surface area contributed by atoms with Gasteiger partial charge in [0.15, 0.2) is 16.7 Å². The Morgan fingerprint density at radius 2 is 1.94 bits per heavy atom. The molecule has 10 heteroatoms. The van der Waals surface area contributed by atoms with Gasteiger partial charge in [-0.2, -0.15) is 0 Å². The van der Waals surface area contributed by atoms with Crippen LogP contribution in [0, 0.1) is 0 Å². The Morgan fingerprint density at radius 1 is 1.21 bits per heavy atom. The first-order valence-corrected chi connectivity index (χ1v) is 12.4. The molecule has 0 fully saturated rings. The third-order valence-corrected chi connectivity index (χ3v) is 6.78. The average molecular weight is 489 g/mol. The van der Waals surface area contributed by atoms with E-state index in [1.807, 2.05) is 0 Å². The molecule has 0 aliphatic heterocycles. The number of urea groups is 1. The molecule has 3 rings (SSSR count). The number of allylic oxidation sites excluding steroid dienone is 2. The fourth-order valence-corrected chi connectivity index (χ4v) is 4.77. The molecule has 34 heavy (non-hydrogen) atoms. The summed E-state index contributed by atoms with van der Waals surface area (Å²) in [5.41, 5.74) is 1.58. The molecule has 0 saturated heterocycles. The maximum atomic E-state index is 13.5. The summed E-state index contributed by atoms with van der Waals surface area (Å²) in [6.07, 6.45) is 7.46. The fourth-order valence-electron chi connectivity index (χ4n) is 3.83. The monoisotopic (exact) mass is 488 g/mol. The molecule has 0 bridgehead atoms. The Hall–Kier alpha value is -3.01. The van der Waals surface area contributed by atoms with E-state index in [0.717, 1.165) is 37.4 Å². The van der Waals surface area contributed by atoms with E-state index < -0.39 is 17.2 Å². The number of imide groups is 1. The zero-order chi connectivity index (χ0) is 24.7. The number of methoxy groups -OCH3 is 2. The van der Waals surface area contributed by atoms with Crippen molar-refractivity contribution in [3.63, 3.8) is 0 Å². The molecule has 9 nitrogen and oxygen atoms in total. The lowest BCUT2D eigenvalue weighted by Gasteiger charge is -2.18. The number of carbonyl (C=O) groups is 2. The van der Waals surface area contributed by atoms with E-state index in [0.29, 0.717) is 40.6 Å². The Morgan fingerprint density at radius 3 is 2.59 bits per heavy atom. The lowest BCUT2D eigenvalue weighted by molar-refractivity contribution is -0.119. The topological polar surface area (TPSA) is 112 Å². The van der Waals surface area contributed by atoms with E-state index >= 15 is 0 Å². The number of hydrogen-bond donors (Lipinski definition) is 2. The van der Waals surface area contributed by atoms with Crippen molar-refractivity contribution in [1.82, 2.24) is 20.2 Å². The van der Waals surface area contributed by atoms with Crippen LogP contribution in [0.3, 0.4) is 0 Å². The standard InChI is InChI=1S/C24H32N4O5S/c1-5-25-23(31)27-21(29)15(2)34-24-26-18-14-20(33-4)19(32-3)13-17(18)22(30)28(24)12-11-16-9-7-6-8-10-16/h9,13-15H,5-8,10-12H2,1-4H3,(H2,25,27,29,31)/t15-/m1/s1. The van der Waals surface area contributed by atoms with Crippen LogP contribution in [0.4, 0.5) is 4.79 Å². The van der Waals surface area contributed by atoms with Crippen molar-refractivity contribution in [2.24, 2.45) is 0 Å². The van der Waals surface area contributed by atoms with Crippen molar-refractivity contribution in [2.45, 2.75) is 62.9 Å². The minimum absolute atomic E-state index is 0.207. The zero-order valence-corrected chi connectivity index (χ0v) is 20.9. The second-order valence-electron chi connectivity index (χ2n) is 8.04. The Kier molecular flexibility index (Phi) is 8.98. The number of hydrogen-bond acceptors (Lipinski definition) is 7. The van der Waals surface area contributed by atoms with Crippen LogP contribution in [0.15, 0.2) is 33.7 Å². The summed E-state index contributed by atoms with van der Waals surface area (Å²) in [6, 6.07) is 2.75. The van der Waals surface area contributed by atoms with Gasteiger partial charge >= 0.3 is 6.03 Å². The second-order valence-corrected chi connectivity index (χ2v) is 9.35. The van der Waals surface area contributed by atoms with Gasteiger partial charge in [0, 0.05) is 19.2 Å². The number of thioether (sulfide) groups is 1. The van der Waals surface area contributed by atoms with Crippen LogP contribution < -0.4 is 25.7 Å². The number of rotatable bonds is 9. The van der Waals surface area contributed by atoms with Crippen LogP contribution in [0.5, 0.6) is 11.5 Å². The normalized spacial score (nSPS) is 14.3. The summed E-state index contributed by atoms with van der Waals surface area (Å²) in [5.74, 6) is 0.453. The largest absolute Gasteiger partial charge is 0.493 e. The first-order valence-electron chi connectivity index (χ1n) is 11.5. The van der Waals surface area contributed by atoms with E-state index in [1.165, 1.54) is 26.2 Å². The van der Waals surface area contributed by atoms with Gasteiger partial charge in [-0.05, 0) is 52.0 Å². The summed E-state index contributed by atoms with van der Waals surface area (Å²) >= 11 is 1.15. The van der Waals surface area contributed by atoms with Gasteiger partial charge in [-0.3, -0.25) is 19.5 Å². The molecule has 1 aromatic heterocycles. The lowest BCUT2D eigenvalue weighted by atomic mass is 9.97. The van der Waals surface area contributed by atoms with Crippen LogP contribution in [0.2, 0.25) is 0 Å². The predicted octanol–water partition coefficient (Wildman–Crippen LogP) is 3.63. The minimum atomic E-state index is -0.646. The maximum absolute atomic E-state index is 13.5. The third-order valence-electron chi connectivity index (χ3n) is 5.69. The van der Waals surface area contributed by atoms with Crippen molar-refractivity contribution in [3.8, 4) is 11.5 Å². The van der Waals surface area contributed by atoms with Gasteiger partial charge in [-0.1, -0.05) is 23.4 Å². The van der Waals surface area contributed by atoms with Gasteiger partial charge in [0.1, 0.15) is 0 Å². The van der Waals surface area contributed by atoms with Gasteiger partial charge in [-0.25, -0.2) is 9.78 Å². The van der Waals surface area contributed by atoms with Crippen molar-refractivity contribution >= 4 is 34.6 Å². The van der Waals surface area contributed by atoms with Crippen LogP contribution >= 0.6 is 11.8 Å². The highest BCUT2D eigenvalue weighted by molar-refractivity contribution is 8.00. The molecule has 1 heterocycles. The van der Waals surface area contributed by atoms with Gasteiger partial charge in [0.25, 0.3) is 5.56 Å². The van der Waals surface area contributed by atoms with Gasteiger partial charge in [-0.15, -0.1) is 0 Å². The Balaban J connectivity index is 1.98. The van der Waals surface area contributed by atoms with Crippen LogP contribution in [-0.4, -0.2) is 47.5 Å². The number of fused-ring (bicyclic) bond motifs is 1. The Labute approximate surface area is 203 Å². The van der Waals surface area contributed by atoms with E-state index in [4.69, 9.17) is 14.5 Å². The number of nitrogens with zero attached hydrogens (tertiary/aromatic N) is 2. The molecule has 2 aromatic rings. The van der Waals surface area contributed by atoms with Crippen LogP contribution in [-0.2, 0) is 11.3 Å². The van der Waals surface area contributed by atoms with Crippen molar-refractivity contribution < 1.29 is 19.1 Å².